The molecular weight excluding hydrogens is 234 g/mol. The van der Waals surface area contributed by atoms with Crippen molar-refractivity contribution in [3.05, 3.63) is 35.9 Å². The summed E-state index contributed by atoms with van der Waals surface area (Å²) in [5.41, 5.74) is 6.59. The molecule has 2 N–H and O–H groups in total. The molecule has 0 heterocycles. The molecule has 0 saturated carbocycles. The number of benzene rings is 1. The van der Waals surface area contributed by atoms with E-state index in [4.69, 9.17) is 17.3 Å². The summed E-state index contributed by atoms with van der Waals surface area (Å²) in [6, 6.07) is 8.60. The highest BCUT2D eigenvalue weighted by Gasteiger charge is 2.22. The van der Waals surface area contributed by atoms with Crippen molar-refractivity contribution in [1.82, 2.24) is 0 Å². The Labute approximate surface area is 95.2 Å². The number of alkyl halides is 1. The van der Waals surface area contributed by atoms with Gasteiger partial charge in [0.2, 0.25) is 0 Å². The maximum absolute atomic E-state index is 11.5. The van der Waals surface area contributed by atoms with Gasteiger partial charge in [-0.3, -0.25) is 0 Å². The van der Waals surface area contributed by atoms with Gasteiger partial charge in [-0.05, 0) is 12.5 Å². The Bertz CT molecular complexity index is 403. The summed E-state index contributed by atoms with van der Waals surface area (Å²) in [6.45, 7) is 1.44. The lowest BCUT2D eigenvalue weighted by Crippen LogP contribution is -2.25. The zero-order valence-corrected chi connectivity index (χ0v) is 10.0. The summed E-state index contributed by atoms with van der Waals surface area (Å²) in [7, 11) is -3.31. The third-order valence-corrected chi connectivity index (χ3v) is 4.76. The summed E-state index contributed by atoms with van der Waals surface area (Å²) in [5.74, 6) is -0.123. The standard InChI is InChI=1S/C10H14ClNO2S/c1-8(11)15(13,14)7-10(12)9-5-3-2-4-6-9/h2-6,8,10H,7,12H2,1H3. The fourth-order valence-electron chi connectivity index (χ4n) is 1.18. The van der Waals surface area contributed by atoms with Crippen LogP contribution >= 0.6 is 11.6 Å². The van der Waals surface area contributed by atoms with Crippen molar-refractivity contribution < 1.29 is 8.42 Å². The molecule has 1 rings (SSSR count). The molecule has 0 saturated heterocycles. The van der Waals surface area contributed by atoms with Crippen molar-refractivity contribution in [1.29, 1.82) is 0 Å². The molecule has 0 aromatic heterocycles. The summed E-state index contributed by atoms with van der Waals surface area (Å²) < 4.78 is 22.1. The van der Waals surface area contributed by atoms with Crippen LogP contribution in [0.3, 0.4) is 0 Å². The van der Waals surface area contributed by atoms with Crippen LogP contribution in [0.4, 0.5) is 0 Å². The minimum atomic E-state index is -3.31. The van der Waals surface area contributed by atoms with E-state index in [9.17, 15) is 8.42 Å². The number of rotatable bonds is 4. The Kier molecular flexibility index (Phi) is 4.13. The molecule has 2 unspecified atom stereocenters. The lowest BCUT2D eigenvalue weighted by atomic mass is 10.1. The molecule has 1 aromatic rings. The van der Waals surface area contributed by atoms with Crippen LogP contribution in [-0.4, -0.2) is 18.9 Å². The van der Waals surface area contributed by atoms with E-state index >= 15 is 0 Å². The van der Waals surface area contributed by atoms with Gasteiger partial charge in [-0.15, -0.1) is 11.6 Å². The van der Waals surface area contributed by atoms with Gasteiger partial charge in [0.1, 0.15) is 4.71 Å². The van der Waals surface area contributed by atoms with E-state index in [1.54, 1.807) is 12.1 Å². The van der Waals surface area contributed by atoms with Crippen molar-refractivity contribution >= 4 is 21.4 Å². The zero-order chi connectivity index (χ0) is 11.5. The third-order valence-electron chi connectivity index (χ3n) is 2.13. The number of sulfone groups is 1. The van der Waals surface area contributed by atoms with Crippen LogP contribution < -0.4 is 5.73 Å². The van der Waals surface area contributed by atoms with Crippen LogP contribution in [-0.2, 0) is 9.84 Å². The second kappa shape index (κ2) is 4.96. The van der Waals surface area contributed by atoms with E-state index in [1.165, 1.54) is 6.92 Å². The van der Waals surface area contributed by atoms with E-state index in [0.717, 1.165) is 5.56 Å². The van der Waals surface area contributed by atoms with Gasteiger partial charge in [0.05, 0.1) is 5.75 Å². The topological polar surface area (TPSA) is 60.2 Å². The quantitative estimate of drug-likeness (QED) is 0.824. The molecular formula is C10H14ClNO2S. The summed E-state index contributed by atoms with van der Waals surface area (Å²) >= 11 is 5.56. The van der Waals surface area contributed by atoms with Crippen molar-refractivity contribution in [2.75, 3.05) is 5.75 Å². The molecule has 0 fully saturated rings. The molecule has 2 atom stereocenters. The van der Waals surface area contributed by atoms with Gasteiger partial charge in [0.25, 0.3) is 0 Å². The second-order valence-electron chi connectivity index (χ2n) is 3.39. The monoisotopic (exact) mass is 247 g/mol. The molecule has 0 bridgehead atoms. The molecule has 0 amide bonds. The van der Waals surface area contributed by atoms with Crippen molar-refractivity contribution in [3.63, 3.8) is 0 Å². The Hall–Kier alpha value is -0.580. The number of nitrogens with two attached hydrogens (primary N) is 1. The molecule has 84 valence electrons. The lowest BCUT2D eigenvalue weighted by Gasteiger charge is -2.13. The number of hydrogen-bond acceptors (Lipinski definition) is 3. The van der Waals surface area contributed by atoms with Crippen LogP contribution in [0.1, 0.15) is 18.5 Å². The maximum atomic E-state index is 11.5. The Morgan fingerprint density at radius 2 is 1.87 bits per heavy atom. The fraction of sp³-hybridized carbons (Fsp3) is 0.400. The molecule has 0 aliphatic carbocycles. The molecule has 15 heavy (non-hydrogen) atoms. The van der Waals surface area contributed by atoms with Gasteiger partial charge < -0.3 is 5.73 Å². The summed E-state index contributed by atoms with van der Waals surface area (Å²) in [6.07, 6.45) is 0. The van der Waals surface area contributed by atoms with Gasteiger partial charge in [0, 0.05) is 6.04 Å². The number of halogens is 1. The van der Waals surface area contributed by atoms with Gasteiger partial charge in [0.15, 0.2) is 9.84 Å². The highest BCUT2D eigenvalue weighted by atomic mass is 35.5. The van der Waals surface area contributed by atoms with Crippen LogP contribution in [0.5, 0.6) is 0 Å². The van der Waals surface area contributed by atoms with E-state index < -0.39 is 20.6 Å². The average molecular weight is 248 g/mol. The molecule has 0 aliphatic rings. The first-order valence-corrected chi connectivity index (χ1v) is 6.75. The Morgan fingerprint density at radius 1 is 1.33 bits per heavy atom. The van der Waals surface area contributed by atoms with Crippen molar-refractivity contribution in [2.24, 2.45) is 5.73 Å². The van der Waals surface area contributed by atoms with E-state index in [2.05, 4.69) is 0 Å². The summed E-state index contributed by atoms with van der Waals surface area (Å²) in [5, 5.41) is 0. The van der Waals surface area contributed by atoms with E-state index in [0.29, 0.717) is 0 Å². The van der Waals surface area contributed by atoms with E-state index in [-0.39, 0.29) is 5.75 Å². The Morgan fingerprint density at radius 3 is 2.33 bits per heavy atom. The van der Waals surface area contributed by atoms with Crippen molar-refractivity contribution in [3.8, 4) is 0 Å². The van der Waals surface area contributed by atoms with Crippen LogP contribution in [0, 0.1) is 0 Å². The highest BCUT2D eigenvalue weighted by molar-refractivity contribution is 7.93. The minimum Gasteiger partial charge on any atom is -0.323 e. The second-order valence-corrected chi connectivity index (χ2v) is 6.67. The number of hydrogen-bond donors (Lipinski definition) is 1. The molecule has 1 aromatic carbocycles. The van der Waals surface area contributed by atoms with Gasteiger partial charge in [-0.25, -0.2) is 8.42 Å². The Balaban J connectivity index is 2.77. The highest BCUT2D eigenvalue weighted by Crippen LogP contribution is 2.16. The first-order valence-electron chi connectivity index (χ1n) is 4.59. The smallest absolute Gasteiger partial charge is 0.168 e. The van der Waals surface area contributed by atoms with Gasteiger partial charge >= 0.3 is 0 Å². The fourth-order valence-corrected chi connectivity index (χ4v) is 2.36. The summed E-state index contributed by atoms with van der Waals surface area (Å²) in [4.78, 5) is 0. The molecule has 0 radical (unpaired) electrons. The third kappa shape index (κ3) is 3.48. The van der Waals surface area contributed by atoms with Gasteiger partial charge in [-0.1, -0.05) is 30.3 Å². The largest absolute Gasteiger partial charge is 0.323 e. The molecule has 5 heteroatoms. The first-order chi connectivity index (χ1) is 6.93. The average Bonchev–Trinajstić information content (AvgIpc) is 2.18. The predicted octanol–water partition coefficient (Wildman–Crippen LogP) is 1.69. The zero-order valence-electron chi connectivity index (χ0n) is 8.43. The van der Waals surface area contributed by atoms with Crippen LogP contribution in [0.2, 0.25) is 0 Å². The van der Waals surface area contributed by atoms with E-state index in [1.807, 2.05) is 18.2 Å². The SMILES string of the molecule is CC(Cl)S(=O)(=O)CC(N)c1ccccc1. The maximum Gasteiger partial charge on any atom is 0.168 e. The molecule has 3 nitrogen and oxygen atoms in total. The van der Waals surface area contributed by atoms with Crippen molar-refractivity contribution in [2.45, 2.75) is 17.7 Å². The predicted molar refractivity (Wildman–Crippen MR) is 62.5 cm³/mol. The lowest BCUT2D eigenvalue weighted by molar-refractivity contribution is 0.587. The minimum absolute atomic E-state index is 0.123. The van der Waals surface area contributed by atoms with Gasteiger partial charge in [-0.2, -0.15) is 0 Å². The van der Waals surface area contributed by atoms with Crippen LogP contribution in [0.25, 0.3) is 0 Å². The molecule has 0 aliphatic heterocycles. The van der Waals surface area contributed by atoms with Crippen LogP contribution in [0.15, 0.2) is 30.3 Å². The molecule has 0 spiro atoms. The normalized spacial score (nSPS) is 15.9. The first kappa shape index (κ1) is 12.5.